The van der Waals surface area contributed by atoms with Gasteiger partial charge in [-0.3, -0.25) is 14.5 Å². The lowest BCUT2D eigenvalue weighted by Gasteiger charge is -2.36. The number of hydrogen-bond donors (Lipinski definition) is 0. The van der Waals surface area contributed by atoms with E-state index in [-0.39, 0.29) is 24.0 Å². The van der Waals surface area contributed by atoms with Crippen molar-refractivity contribution in [1.82, 2.24) is 4.90 Å². The summed E-state index contributed by atoms with van der Waals surface area (Å²) in [4.78, 5) is 27.2. The van der Waals surface area contributed by atoms with E-state index in [9.17, 15) is 14.0 Å². The van der Waals surface area contributed by atoms with Gasteiger partial charge in [-0.1, -0.05) is 15.9 Å². The molecular weight excluding hydrogens is 315 g/mol. The van der Waals surface area contributed by atoms with Crippen molar-refractivity contribution in [2.75, 3.05) is 18.0 Å². The second-order valence-electron chi connectivity index (χ2n) is 4.77. The van der Waals surface area contributed by atoms with E-state index in [1.165, 1.54) is 17.0 Å². The van der Waals surface area contributed by atoms with Gasteiger partial charge in [-0.05, 0) is 31.0 Å². The van der Waals surface area contributed by atoms with Crippen molar-refractivity contribution < 1.29 is 14.0 Å². The van der Waals surface area contributed by atoms with Crippen LogP contribution in [-0.4, -0.2) is 35.8 Å². The zero-order chi connectivity index (χ0) is 13.6. The summed E-state index contributed by atoms with van der Waals surface area (Å²) in [7, 11) is 0. The number of carbonyl (C=O) groups is 2. The summed E-state index contributed by atoms with van der Waals surface area (Å²) in [6, 6.07) is 4.07. The Balaban J connectivity index is 1.96. The minimum atomic E-state index is -0.498. The molecule has 1 aromatic rings. The fraction of sp³-hybridized carbons (Fsp3) is 0.385. The Hall–Kier alpha value is -1.43. The second-order valence-corrected chi connectivity index (χ2v) is 5.68. The van der Waals surface area contributed by atoms with Crippen LogP contribution < -0.4 is 4.90 Å². The fourth-order valence-electron chi connectivity index (χ4n) is 2.71. The summed E-state index contributed by atoms with van der Waals surface area (Å²) >= 11 is 3.17. The van der Waals surface area contributed by atoms with Gasteiger partial charge in [-0.15, -0.1) is 0 Å². The van der Waals surface area contributed by atoms with Gasteiger partial charge in [0.05, 0.1) is 5.69 Å². The van der Waals surface area contributed by atoms with Gasteiger partial charge >= 0.3 is 0 Å². The smallest absolute Gasteiger partial charge is 0.250 e. The first-order chi connectivity index (χ1) is 9.08. The summed E-state index contributed by atoms with van der Waals surface area (Å²) in [5, 5.41) is 0. The number of rotatable bonds is 1. The van der Waals surface area contributed by atoms with Gasteiger partial charge in [0.2, 0.25) is 11.8 Å². The highest BCUT2D eigenvalue weighted by Crippen LogP contribution is 2.30. The molecule has 0 radical (unpaired) electrons. The molecule has 3 rings (SSSR count). The van der Waals surface area contributed by atoms with Gasteiger partial charge in [-0.2, -0.15) is 0 Å². The van der Waals surface area contributed by atoms with E-state index in [0.29, 0.717) is 17.4 Å². The van der Waals surface area contributed by atoms with E-state index in [4.69, 9.17) is 0 Å². The van der Waals surface area contributed by atoms with Gasteiger partial charge < -0.3 is 4.90 Å². The number of nitrogens with zero attached hydrogens (tertiary/aromatic N) is 2. The average Bonchev–Trinajstić information content (AvgIpc) is 2.84. The number of carbonyl (C=O) groups excluding carboxylic acids is 2. The molecule has 0 aromatic heterocycles. The largest absolute Gasteiger partial charge is 0.329 e. The molecular formula is C13H12BrFN2O2. The standard InChI is InChI=1S/C13H12BrFN2O2/c14-8-3-4-10(9(15)6-8)17-7-12(18)16-5-1-2-11(16)13(17)19/h3-4,6,11H,1-2,5,7H2. The van der Waals surface area contributed by atoms with Crippen LogP contribution in [0.15, 0.2) is 22.7 Å². The third kappa shape index (κ3) is 2.04. The van der Waals surface area contributed by atoms with E-state index < -0.39 is 11.9 Å². The lowest BCUT2D eigenvalue weighted by Crippen LogP contribution is -2.57. The molecule has 0 bridgehead atoms. The topological polar surface area (TPSA) is 40.6 Å². The normalized spacial score (nSPS) is 22.9. The molecule has 2 aliphatic heterocycles. The third-order valence-electron chi connectivity index (χ3n) is 3.62. The predicted molar refractivity (Wildman–Crippen MR) is 71.2 cm³/mol. The van der Waals surface area contributed by atoms with E-state index in [1.54, 1.807) is 11.0 Å². The molecule has 2 fully saturated rings. The SMILES string of the molecule is O=C1C2CCCN2C(=O)CN1c1ccc(Br)cc1F. The first-order valence-corrected chi connectivity index (χ1v) is 6.93. The zero-order valence-electron chi connectivity index (χ0n) is 10.1. The van der Waals surface area contributed by atoms with Crippen molar-refractivity contribution in [3.8, 4) is 0 Å². The number of halogens is 2. The predicted octanol–water partition coefficient (Wildman–Crippen LogP) is 1.93. The zero-order valence-corrected chi connectivity index (χ0v) is 11.7. The maximum Gasteiger partial charge on any atom is 0.250 e. The van der Waals surface area contributed by atoms with E-state index >= 15 is 0 Å². The Labute approximate surface area is 118 Å². The Morgan fingerprint density at radius 2 is 2.11 bits per heavy atom. The molecule has 6 heteroatoms. The lowest BCUT2D eigenvalue weighted by molar-refractivity contribution is -0.140. The minimum absolute atomic E-state index is 0.0755. The quantitative estimate of drug-likeness (QED) is 0.791. The molecule has 1 atom stereocenters. The van der Waals surface area contributed by atoms with Crippen LogP contribution in [-0.2, 0) is 9.59 Å². The molecule has 0 N–H and O–H groups in total. The first-order valence-electron chi connectivity index (χ1n) is 6.14. The fourth-order valence-corrected chi connectivity index (χ4v) is 3.04. The summed E-state index contributed by atoms with van der Waals surface area (Å²) in [6.45, 7) is 0.555. The van der Waals surface area contributed by atoms with Gasteiger partial charge in [0, 0.05) is 11.0 Å². The molecule has 1 aromatic carbocycles. The van der Waals surface area contributed by atoms with Crippen molar-refractivity contribution >= 4 is 33.4 Å². The van der Waals surface area contributed by atoms with Gasteiger partial charge in [0.25, 0.3) is 0 Å². The van der Waals surface area contributed by atoms with Crippen molar-refractivity contribution in [1.29, 1.82) is 0 Å². The first kappa shape index (κ1) is 12.6. The van der Waals surface area contributed by atoms with Crippen LogP contribution in [0.25, 0.3) is 0 Å². The van der Waals surface area contributed by atoms with Crippen LogP contribution in [0.5, 0.6) is 0 Å². The number of hydrogen-bond acceptors (Lipinski definition) is 2. The highest BCUT2D eigenvalue weighted by atomic mass is 79.9. The van der Waals surface area contributed by atoms with Crippen LogP contribution in [0.1, 0.15) is 12.8 Å². The molecule has 2 heterocycles. The number of anilines is 1. The van der Waals surface area contributed by atoms with Crippen molar-refractivity contribution in [2.45, 2.75) is 18.9 Å². The number of amides is 2. The van der Waals surface area contributed by atoms with E-state index in [2.05, 4.69) is 15.9 Å². The lowest BCUT2D eigenvalue weighted by atomic mass is 10.1. The molecule has 0 spiro atoms. The molecule has 0 saturated carbocycles. The number of benzene rings is 1. The molecule has 4 nitrogen and oxygen atoms in total. The molecule has 2 amide bonds. The minimum Gasteiger partial charge on any atom is -0.329 e. The second kappa shape index (κ2) is 4.59. The Bertz CT molecular complexity index is 564. The maximum absolute atomic E-state index is 13.9. The number of piperazine rings is 1. The highest BCUT2D eigenvalue weighted by molar-refractivity contribution is 9.10. The van der Waals surface area contributed by atoms with Crippen molar-refractivity contribution in [3.05, 3.63) is 28.5 Å². The van der Waals surface area contributed by atoms with Crippen LogP contribution in [0, 0.1) is 5.82 Å². The van der Waals surface area contributed by atoms with Gasteiger partial charge in [0.1, 0.15) is 18.4 Å². The summed E-state index contributed by atoms with van der Waals surface area (Å²) < 4.78 is 14.5. The van der Waals surface area contributed by atoms with Crippen LogP contribution in [0.3, 0.4) is 0 Å². The summed E-state index contributed by atoms with van der Waals surface area (Å²) in [5.41, 5.74) is 0.174. The maximum atomic E-state index is 13.9. The third-order valence-corrected chi connectivity index (χ3v) is 4.11. The van der Waals surface area contributed by atoms with Crippen molar-refractivity contribution in [2.24, 2.45) is 0 Å². The monoisotopic (exact) mass is 326 g/mol. The van der Waals surface area contributed by atoms with Crippen LogP contribution >= 0.6 is 15.9 Å². The van der Waals surface area contributed by atoms with Crippen molar-refractivity contribution in [3.63, 3.8) is 0 Å². The Morgan fingerprint density at radius 3 is 2.84 bits per heavy atom. The molecule has 2 saturated heterocycles. The molecule has 1 unspecified atom stereocenters. The van der Waals surface area contributed by atoms with E-state index in [0.717, 1.165) is 6.42 Å². The van der Waals surface area contributed by atoms with Crippen LogP contribution in [0.2, 0.25) is 0 Å². The summed E-state index contributed by atoms with van der Waals surface area (Å²) in [5.74, 6) is -0.787. The highest BCUT2D eigenvalue weighted by Gasteiger charge is 2.42. The number of fused-ring (bicyclic) bond motifs is 1. The average molecular weight is 327 g/mol. The van der Waals surface area contributed by atoms with Crippen LogP contribution in [0.4, 0.5) is 10.1 Å². The Morgan fingerprint density at radius 1 is 1.32 bits per heavy atom. The van der Waals surface area contributed by atoms with E-state index in [1.807, 2.05) is 0 Å². The van der Waals surface area contributed by atoms with Gasteiger partial charge in [-0.25, -0.2) is 4.39 Å². The molecule has 100 valence electrons. The Kier molecular flexibility index (Phi) is 3.05. The summed E-state index contributed by atoms with van der Waals surface area (Å²) in [6.07, 6.45) is 1.50. The molecule has 19 heavy (non-hydrogen) atoms. The molecule has 2 aliphatic rings. The van der Waals surface area contributed by atoms with Gasteiger partial charge in [0.15, 0.2) is 0 Å². The molecule has 0 aliphatic carbocycles.